The minimum atomic E-state index is -0.867. The first-order valence-corrected chi connectivity index (χ1v) is 7.75. The Bertz CT molecular complexity index is 371. The van der Waals surface area contributed by atoms with Gasteiger partial charge in [-0.3, -0.25) is 4.79 Å². The lowest BCUT2D eigenvalue weighted by Crippen LogP contribution is -2.66. The van der Waals surface area contributed by atoms with Gasteiger partial charge in [-0.25, -0.2) is 0 Å². The molecule has 4 bridgehead atoms. The third-order valence-electron chi connectivity index (χ3n) is 5.88. The number of carbonyl (C=O) groups is 1. The molecule has 3 nitrogen and oxygen atoms in total. The fourth-order valence-corrected chi connectivity index (χ4v) is 4.98. The zero-order valence-electron chi connectivity index (χ0n) is 12.3. The Balaban J connectivity index is 1.86. The van der Waals surface area contributed by atoms with Crippen molar-refractivity contribution in [1.29, 1.82) is 0 Å². The van der Waals surface area contributed by atoms with Crippen molar-refractivity contribution < 1.29 is 14.6 Å². The summed E-state index contributed by atoms with van der Waals surface area (Å²) in [5.74, 6) is 1.77. The van der Waals surface area contributed by atoms with Crippen molar-refractivity contribution >= 4 is 5.97 Å². The maximum Gasteiger partial charge on any atom is 0.315 e. The number of carbonyl (C=O) groups excluding carboxylic acids is 1. The van der Waals surface area contributed by atoms with Crippen molar-refractivity contribution in [2.75, 3.05) is 6.61 Å². The fourth-order valence-electron chi connectivity index (χ4n) is 4.98. The molecule has 0 heterocycles. The maximum absolute atomic E-state index is 12.6. The molecule has 1 N–H and O–H groups in total. The van der Waals surface area contributed by atoms with Gasteiger partial charge in [0.05, 0.1) is 17.6 Å². The van der Waals surface area contributed by atoms with Crippen LogP contribution in [0.2, 0.25) is 0 Å². The highest BCUT2D eigenvalue weighted by Gasteiger charge is 2.67. The lowest BCUT2D eigenvalue weighted by atomic mass is 9.43. The van der Waals surface area contributed by atoms with Gasteiger partial charge in [0.25, 0.3) is 0 Å². The van der Waals surface area contributed by atoms with Gasteiger partial charge in [-0.2, -0.15) is 0 Å². The van der Waals surface area contributed by atoms with Crippen LogP contribution in [-0.2, 0) is 9.53 Å². The maximum atomic E-state index is 12.6. The smallest absolute Gasteiger partial charge is 0.315 e. The van der Waals surface area contributed by atoms with Gasteiger partial charge in [-0.1, -0.05) is 13.8 Å². The number of aliphatic hydroxyl groups is 1. The Morgan fingerprint density at radius 2 is 1.84 bits per heavy atom. The Labute approximate surface area is 115 Å². The predicted octanol–water partition coefficient (Wildman–Crippen LogP) is 2.76. The third-order valence-corrected chi connectivity index (χ3v) is 5.88. The van der Waals surface area contributed by atoms with E-state index in [0.717, 1.165) is 25.7 Å². The lowest BCUT2D eigenvalue weighted by molar-refractivity contribution is -0.233. The molecule has 108 valence electrons. The molecule has 0 saturated heterocycles. The molecular weight excluding hydrogens is 240 g/mol. The second-order valence-electron chi connectivity index (χ2n) is 7.77. The van der Waals surface area contributed by atoms with Crippen LogP contribution in [0.1, 0.15) is 52.9 Å². The zero-order valence-corrected chi connectivity index (χ0v) is 12.3. The number of esters is 1. The fraction of sp³-hybridized carbons (Fsp3) is 0.938. The van der Waals surface area contributed by atoms with E-state index in [1.54, 1.807) is 0 Å². The molecule has 4 fully saturated rings. The van der Waals surface area contributed by atoms with E-state index in [0.29, 0.717) is 30.3 Å². The first kappa shape index (κ1) is 13.4. The highest BCUT2D eigenvalue weighted by Crippen LogP contribution is 2.64. The normalized spacial score (nSPS) is 47.7. The number of rotatable bonds is 3. The summed E-state index contributed by atoms with van der Waals surface area (Å²) in [6.45, 7) is 6.44. The molecule has 4 aliphatic carbocycles. The Hall–Kier alpha value is -0.570. The Morgan fingerprint density at radius 3 is 2.37 bits per heavy atom. The summed E-state index contributed by atoms with van der Waals surface area (Å²) >= 11 is 0. The van der Waals surface area contributed by atoms with Gasteiger partial charge in [0, 0.05) is 0 Å². The minimum Gasteiger partial charge on any atom is -0.465 e. The van der Waals surface area contributed by atoms with E-state index in [4.69, 9.17) is 4.74 Å². The summed E-state index contributed by atoms with van der Waals surface area (Å²) in [5, 5.41) is 11.0. The van der Waals surface area contributed by atoms with Gasteiger partial charge in [0.15, 0.2) is 0 Å². The van der Waals surface area contributed by atoms with Crippen molar-refractivity contribution in [1.82, 2.24) is 0 Å². The molecule has 3 heteroatoms. The Kier molecular flexibility index (Phi) is 2.97. The lowest BCUT2D eigenvalue weighted by Gasteiger charge is -2.62. The van der Waals surface area contributed by atoms with E-state index < -0.39 is 11.0 Å². The van der Waals surface area contributed by atoms with Gasteiger partial charge in [0.1, 0.15) is 0 Å². The molecule has 4 saturated carbocycles. The van der Waals surface area contributed by atoms with Crippen LogP contribution >= 0.6 is 0 Å². The van der Waals surface area contributed by atoms with E-state index in [9.17, 15) is 9.90 Å². The summed E-state index contributed by atoms with van der Waals surface area (Å²) in [5.41, 5.74) is -1.48. The van der Waals surface area contributed by atoms with Gasteiger partial charge in [-0.05, 0) is 62.7 Å². The first-order chi connectivity index (χ1) is 8.85. The number of hydrogen-bond donors (Lipinski definition) is 1. The quantitative estimate of drug-likeness (QED) is 0.799. The van der Waals surface area contributed by atoms with E-state index in [2.05, 4.69) is 0 Å². The molecular formula is C16H26O3. The largest absolute Gasteiger partial charge is 0.465 e. The monoisotopic (exact) mass is 266 g/mol. The van der Waals surface area contributed by atoms with Crippen LogP contribution in [-0.4, -0.2) is 23.3 Å². The second kappa shape index (κ2) is 4.21. The van der Waals surface area contributed by atoms with Crippen LogP contribution in [0.15, 0.2) is 0 Å². The average molecular weight is 266 g/mol. The van der Waals surface area contributed by atoms with Gasteiger partial charge in [0.2, 0.25) is 0 Å². The molecule has 0 radical (unpaired) electrons. The third kappa shape index (κ3) is 1.84. The van der Waals surface area contributed by atoms with Crippen LogP contribution in [0, 0.1) is 29.1 Å². The summed E-state index contributed by atoms with van der Waals surface area (Å²) in [6, 6.07) is 0. The summed E-state index contributed by atoms with van der Waals surface area (Å²) in [7, 11) is 0. The summed E-state index contributed by atoms with van der Waals surface area (Å²) in [6.07, 6.45) is 5.13. The molecule has 19 heavy (non-hydrogen) atoms. The molecule has 4 rings (SSSR count). The predicted molar refractivity (Wildman–Crippen MR) is 72.4 cm³/mol. The molecule has 0 aromatic heterocycles. The Morgan fingerprint density at radius 1 is 1.26 bits per heavy atom. The van der Waals surface area contributed by atoms with E-state index in [1.165, 1.54) is 6.42 Å². The van der Waals surface area contributed by atoms with Crippen LogP contribution in [0.4, 0.5) is 0 Å². The van der Waals surface area contributed by atoms with Crippen LogP contribution < -0.4 is 0 Å². The molecule has 3 atom stereocenters. The van der Waals surface area contributed by atoms with Crippen molar-refractivity contribution in [3.05, 3.63) is 0 Å². The molecule has 3 unspecified atom stereocenters. The van der Waals surface area contributed by atoms with E-state index in [-0.39, 0.29) is 5.97 Å². The average Bonchev–Trinajstić information content (AvgIpc) is 2.32. The van der Waals surface area contributed by atoms with Crippen LogP contribution in [0.5, 0.6) is 0 Å². The summed E-state index contributed by atoms with van der Waals surface area (Å²) in [4.78, 5) is 12.6. The standard InChI is InChI=1S/C16H26O3/c1-10(2)9-19-14(17)16-7-11-4-12(8-16)6-13(5-11)15(16,3)18/h10-13,18H,4-9H2,1-3H3. The van der Waals surface area contributed by atoms with Crippen molar-refractivity contribution in [2.24, 2.45) is 29.1 Å². The number of ether oxygens (including phenoxy) is 1. The van der Waals surface area contributed by atoms with Gasteiger partial charge in [-0.15, -0.1) is 0 Å². The topological polar surface area (TPSA) is 46.5 Å². The first-order valence-electron chi connectivity index (χ1n) is 7.75. The molecule has 0 aromatic carbocycles. The molecule has 0 aromatic rings. The van der Waals surface area contributed by atoms with E-state index in [1.807, 2.05) is 20.8 Å². The zero-order chi connectivity index (χ0) is 13.8. The second-order valence-corrected chi connectivity index (χ2v) is 7.77. The van der Waals surface area contributed by atoms with Crippen molar-refractivity contribution in [3.63, 3.8) is 0 Å². The van der Waals surface area contributed by atoms with E-state index >= 15 is 0 Å². The van der Waals surface area contributed by atoms with Crippen LogP contribution in [0.25, 0.3) is 0 Å². The highest BCUT2D eigenvalue weighted by atomic mass is 16.5. The molecule has 0 amide bonds. The van der Waals surface area contributed by atoms with Crippen LogP contribution in [0.3, 0.4) is 0 Å². The number of hydrogen-bond acceptors (Lipinski definition) is 3. The van der Waals surface area contributed by atoms with Crippen molar-refractivity contribution in [2.45, 2.75) is 58.5 Å². The van der Waals surface area contributed by atoms with Gasteiger partial charge >= 0.3 is 5.97 Å². The van der Waals surface area contributed by atoms with Crippen molar-refractivity contribution in [3.8, 4) is 0 Å². The summed E-state index contributed by atoms with van der Waals surface area (Å²) < 4.78 is 5.52. The molecule has 0 spiro atoms. The van der Waals surface area contributed by atoms with Gasteiger partial charge < -0.3 is 9.84 Å². The SMILES string of the molecule is CC(C)COC(=O)C12CC3CC(CC(C3)C1(C)O)C2. The highest BCUT2D eigenvalue weighted by molar-refractivity contribution is 5.79. The minimum absolute atomic E-state index is 0.134. The molecule has 0 aliphatic heterocycles. The molecule has 4 aliphatic rings.